The molecule has 1 aliphatic heterocycles. The Morgan fingerprint density at radius 3 is 2.15 bits per heavy atom. The molecule has 0 atom stereocenters. The van der Waals surface area contributed by atoms with Crippen LogP contribution in [0.2, 0.25) is 0 Å². The van der Waals surface area contributed by atoms with Gasteiger partial charge in [-0.1, -0.05) is 18.2 Å². The number of carbonyl (C=O) groups excluding carboxylic acids is 5. The predicted molar refractivity (Wildman–Crippen MR) is 118 cm³/mol. The minimum Gasteiger partial charge on any atom is -0.466 e. The zero-order valence-corrected chi connectivity index (χ0v) is 18.6. The van der Waals surface area contributed by atoms with Crippen LogP contribution in [0.25, 0.3) is 0 Å². The van der Waals surface area contributed by atoms with E-state index in [1.54, 1.807) is 51.1 Å². The lowest BCUT2D eigenvalue weighted by atomic mass is 9.93. The molecule has 0 radical (unpaired) electrons. The number of hydrogen-bond acceptors (Lipinski definition) is 7. The molecule has 3 amide bonds. The number of carbonyl (C=O) groups is 5. The maximum atomic E-state index is 13.1. The summed E-state index contributed by atoms with van der Waals surface area (Å²) in [6, 6.07) is 9.55. The van der Waals surface area contributed by atoms with E-state index in [0.717, 1.165) is 4.90 Å². The molecular weight excluding hydrogens is 428 g/mol. The number of nitrogens with zero attached hydrogens (tertiary/aromatic N) is 1. The number of rotatable bonds is 8. The first-order chi connectivity index (χ1) is 15.8. The van der Waals surface area contributed by atoms with E-state index in [1.165, 1.54) is 6.07 Å². The minimum atomic E-state index is -0.787. The highest BCUT2D eigenvalue weighted by atomic mass is 16.5. The van der Waals surface area contributed by atoms with E-state index in [2.05, 4.69) is 5.32 Å². The van der Waals surface area contributed by atoms with Gasteiger partial charge in [0.25, 0.3) is 17.7 Å². The van der Waals surface area contributed by atoms with Gasteiger partial charge in [-0.15, -0.1) is 0 Å². The molecule has 0 aliphatic carbocycles. The molecule has 1 aliphatic rings. The van der Waals surface area contributed by atoms with E-state index < -0.39 is 36.1 Å². The van der Waals surface area contributed by atoms with E-state index in [4.69, 9.17) is 9.47 Å². The molecule has 9 nitrogen and oxygen atoms in total. The average Bonchev–Trinajstić information content (AvgIpc) is 3.06. The van der Waals surface area contributed by atoms with Crippen molar-refractivity contribution >= 4 is 35.3 Å². The standard InChI is InChI=1S/C24H24N2O7/c1-4-26-22(29)19-15(13-18(27)32-5-2)16(24(31)33-6-3)12-17(20(19)23(26)30)25-21(28)14-10-8-7-9-11-14/h7-12H,4-6,13H2,1-3H3,(H,25,28). The van der Waals surface area contributed by atoms with Gasteiger partial charge in [0, 0.05) is 12.1 Å². The molecule has 2 aromatic rings. The zero-order chi connectivity index (χ0) is 24.1. The van der Waals surface area contributed by atoms with E-state index >= 15 is 0 Å². The van der Waals surface area contributed by atoms with Crippen molar-refractivity contribution in [2.45, 2.75) is 27.2 Å². The highest BCUT2D eigenvalue weighted by Gasteiger charge is 2.41. The summed E-state index contributed by atoms with van der Waals surface area (Å²) in [6.07, 6.45) is -0.409. The van der Waals surface area contributed by atoms with Crippen molar-refractivity contribution in [2.24, 2.45) is 0 Å². The van der Waals surface area contributed by atoms with Gasteiger partial charge in [-0.05, 0) is 44.5 Å². The van der Waals surface area contributed by atoms with Crippen molar-refractivity contribution < 1.29 is 33.4 Å². The van der Waals surface area contributed by atoms with Crippen molar-refractivity contribution in [3.8, 4) is 0 Å². The maximum Gasteiger partial charge on any atom is 0.338 e. The van der Waals surface area contributed by atoms with Gasteiger partial charge < -0.3 is 14.8 Å². The number of esters is 2. The van der Waals surface area contributed by atoms with Crippen LogP contribution in [0.4, 0.5) is 5.69 Å². The topological polar surface area (TPSA) is 119 Å². The lowest BCUT2D eigenvalue weighted by Crippen LogP contribution is -2.29. The van der Waals surface area contributed by atoms with Crippen LogP contribution < -0.4 is 5.32 Å². The molecule has 3 rings (SSSR count). The van der Waals surface area contributed by atoms with E-state index in [1.807, 2.05) is 0 Å². The summed E-state index contributed by atoms with van der Waals surface area (Å²) in [5, 5.41) is 2.63. The SMILES string of the molecule is CCOC(=O)Cc1c(C(=O)OCC)cc(NC(=O)c2ccccc2)c2c1C(=O)N(CC)C2=O. The van der Waals surface area contributed by atoms with Gasteiger partial charge in [0.05, 0.1) is 42.0 Å². The normalized spacial score (nSPS) is 12.4. The number of hydrogen-bond donors (Lipinski definition) is 1. The second-order valence-corrected chi connectivity index (χ2v) is 7.08. The lowest BCUT2D eigenvalue weighted by Gasteiger charge is -2.16. The van der Waals surface area contributed by atoms with E-state index in [9.17, 15) is 24.0 Å². The molecule has 0 spiro atoms. The van der Waals surface area contributed by atoms with Crippen LogP contribution in [-0.2, 0) is 20.7 Å². The van der Waals surface area contributed by atoms with Crippen molar-refractivity contribution in [1.29, 1.82) is 0 Å². The van der Waals surface area contributed by atoms with Gasteiger partial charge in [0.15, 0.2) is 0 Å². The number of nitrogens with one attached hydrogen (secondary N) is 1. The third-order valence-electron chi connectivity index (χ3n) is 5.08. The number of anilines is 1. The number of imide groups is 1. The van der Waals surface area contributed by atoms with Crippen LogP contribution in [0.5, 0.6) is 0 Å². The fraction of sp³-hybridized carbons (Fsp3) is 0.292. The summed E-state index contributed by atoms with van der Waals surface area (Å²) in [5.74, 6) is -3.26. The Hall–Kier alpha value is -4.01. The molecule has 9 heteroatoms. The molecule has 0 aromatic heterocycles. The Labute approximate surface area is 190 Å². The predicted octanol–water partition coefficient (Wildman–Crippen LogP) is 2.84. The molecular formula is C24H24N2O7. The summed E-state index contributed by atoms with van der Waals surface area (Å²) in [6.45, 7) is 5.10. The largest absolute Gasteiger partial charge is 0.466 e. The molecule has 33 heavy (non-hydrogen) atoms. The lowest BCUT2D eigenvalue weighted by molar-refractivity contribution is -0.142. The Bertz CT molecular complexity index is 1130. The van der Waals surface area contributed by atoms with Crippen LogP contribution >= 0.6 is 0 Å². The van der Waals surface area contributed by atoms with Gasteiger partial charge in [-0.3, -0.25) is 24.1 Å². The first-order valence-corrected chi connectivity index (χ1v) is 10.6. The summed E-state index contributed by atoms with van der Waals surface area (Å²) in [4.78, 5) is 65.0. The zero-order valence-electron chi connectivity index (χ0n) is 18.6. The smallest absolute Gasteiger partial charge is 0.338 e. The third kappa shape index (κ3) is 4.62. The Morgan fingerprint density at radius 2 is 1.55 bits per heavy atom. The number of benzene rings is 2. The van der Waals surface area contributed by atoms with Gasteiger partial charge in [0.1, 0.15) is 0 Å². The van der Waals surface area contributed by atoms with Gasteiger partial charge >= 0.3 is 11.9 Å². The Balaban J connectivity index is 2.22. The van der Waals surface area contributed by atoms with Crippen molar-refractivity contribution in [3.05, 3.63) is 64.2 Å². The second-order valence-electron chi connectivity index (χ2n) is 7.08. The average molecular weight is 452 g/mol. The summed E-state index contributed by atoms with van der Waals surface area (Å²) in [5.41, 5.74) is 0.0785. The molecule has 2 aromatic carbocycles. The first kappa shape index (κ1) is 23.6. The summed E-state index contributed by atoms with van der Waals surface area (Å²) >= 11 is 0. The van der Waals surface area contributed by atoms with E-state index in [0.29, 0.717) is 5.56 Å². The molecule has 0 bridgehead atoms. The first-order valence-electron chi connectivity index (χ1n) is 10.6. The highest BCUT2D eigenvalue weighted by molar-refractivity contribution is 6.26. The maximum absolute atomic E-state index is 13.1. The van der Waals surface area contributed by atoms with Gasteiger partial charge in [-0.25, -0.2) is 4.79 Å². The van der Waals surface area contributed by atoms with Crippen molar-refractivity contribution in [3.63, 3.8) is 0 Å². The van der Waals surface area contributed by atoms with Crippen LogP contribution in [-0.4, -0.2) is 54.3 Å². The molecule has 0 fully saturated rings. The second kappa shape index (κ2) is 10.1. The quantitative estimate of drug-likeness (QED) is 0.483. The summed E-state index contributed by atoms with van der Waals surface area (Å²) in [7, 11) is 0. The number of fused-ring (bicyclic) bond motifs is 1. The fourth-order valence-electron chi connectivity index (χ4n) is 3.64. The highest BCUT2D eigenvalue weighted by Crippen LogP contribution is 2.36. The van der Waals surface area contributed by atoms with E-state index in [-0.39, 0.29) is 47.7 Å². The van der Waals surface area contributed by atoms with Gasteiger partial charge in [0.2, 0.25) is 0 Å². The number of amides is 3. The van der Waals surface area contributed by atoms with Gasteiger partial charge in [-0.2, -0.15) is 0 Å². The van der Waals surface area contributed by atoms with Crippen LogP contribution in [0.3, 0.4) is 0 Å². The van der Waals surface area contributed by atoms with Crippen molar-refractivity contribution in [2.75, 3.05) is 25.1 Å². The molecule has 0 unspecified atom stereocenters. The number of ether oxygens (including phenoxy) is 2. The third-order valence-corrected chi connectivity index (χ3v) is 5.08. The Kier molecular flexibility index (Phi) is 7.22. The van der Waals surface area contributed by atoms with Crippen LogP contribution in [0.15, 0.2) is 36.4 Å². The van der Waals surface area contributed by atoms with Crippen LogP contribution in [0, 0.1) is 0 Å². The fourth-order valence-corrected chi connectivity index (χ4v) is 3.64. The van der Waals surface area contributed by atoms with Crippen LogP contribution in [0.1, 0.15) is 67.8 Å². The minimum absolute atomic E-state index is 0.0104. The Morgan fingerprint density at radius 1 is 0.909 bits per heavy atom. The molecule has 0 saturated carbocycles. The molecule has 1 N–H and O–H groups in total. The summed E-state index contributed by atoms with van der Waals surface area (Å²) < 4.78 is 10.1. The molecule has 172 valence electrons. The monoisotopic (exact) mass is 452 g/mol. The molecule has 0 saturated heterocycles. The molecule has 1 heterocycles. The van der Waals surface area contributed by atoms with Crippen molar-refractivity contribution in [1.82, 2.24) is 4.90 Å².